The van der Waals surface area contributed by atoms with E-state index in [0.717, 1.165) is 12.7 Å². The summed E-state index contributed by atoms with van der Waals surface area (Å²) >= 11 is 4.48. The van der Waals surface area contributed by atoms with E-state index in [4.69, 9.17) is 4.79 Å². The SMILES string of the molecule is O=[C-]C(=O)C(=O)Cl.[C-]1=CC=CC1.[Mo+2]. The summed E-state index contributed by atoms with van der Waals surface area (Å²) in [5.74, 6) is -1.33. The van der Waals surface area contributed by atoms with Crippen molar-refractivity contribution in [3.63, 3.8) is 0 Å². The van der Waals surface area contributed by atoms with Gasteiger partial charge in [-0.1, -0.05) is 0 Å². The molecule has 0 spiro atoms. The van der Waals surface area contributed by atoms with Crippen molar-refractivity contribution in [3.8, 4) is 0 Å². The third-order valence-corrected chi connectivity index (χ3v) is 1.03. The van der Waals surface area contributed by atoms with Crippen LogP contribution in [0.5, 0.6) is 0 Å². The molecule has 0 saturated heterocycles. The zero-order chi connectivity index (χ0) is 9.40. The summed E-state index contributed by atoms with van der Waals surface area (Å²) in [5.41, 5.74) is 0. The van der Waals surface area contributed by atoms with Gasteiger partial charge in [-0.05, 0) is 0 Å². The molecule has 13 heavy (non-hydrogen) atoms. The number of hydrogen-bond acceptors (Lipinski definition) is 3. The van der Waals surface area contributed by atoms with Crippen LogP contribution in [-0.4, -0.2) is 17.3 Å². The fraction of sp³-hybridized carbons (Fsp3) is 0.125. The molecule has 3 nitrogen and oxygen atoms in total. The van der Waals surface area contributed by atoms with Crippen molar-refractivity contribution in [2.75, 3.05) is 0 Å². The fourth-order valence-corrected chi connectivity index (χ4v) is 0.419. The molecule has 0 radical (unpaired) electrons. The molecule has 0 unspecified atom stereocenters. The Labute approximate surface area is 95.1 Å². The van der Waals surface area contributed by atoms with Gasteiger partial charge in [0.2, 0.25) is 0 Å². The Bertz CT molecular complexity index is 236. The molecule has 1 aliphatic carbocycles. The van der Waals surface area contributed by atoms with Crippen LogP contribution >= 0.6 is 11.6 Å². The van der Waals surface area contributed by atoms with E-state index in [2.05, 4.69) is 23.8 Å². The minimum absolute atomic E-state index is 0. The summed E-state index contributed by atoms with van der Waals surface area (Å²) in [6.45, 7) is 0. The molecule has 0 aliphatic heterocycles. The second-order valence-electron chi connectivity index (χ2n) is 1.71. The maximum absolute atomic E-state index is 9.61. The van der Waals surface area contributed by atoms with Gasteiger partial charge < -0.3 is 14.4 Å². The van der Waals surface area contributed by atoms with Gasteiger partial charge in [-0.3, -0.25) is 6.08 Å². The predicted molar refractivity (Wildman–Crippen MR) is 43.1 cm³/mol. The molecule has 0 bridgehead atoms. The van der Waals surface area contributed by atoms with Crippen LogP contribution < -0.4 is 0 Å². The smallest absolute Gasteiger partial charge is 0.415 e. The summed E-state index contributed by atoms with van der Waals surface area (Å²) < 4.78 is 0. The van der Waals surface area contributed by atoms with Crippen molar-refractivity contribution in [2.45, 2.75) is 6.42 Å². The van der Waals surface area contributed by atoms with Gasteiger partial charge in [0, 0.05) is 6.29 Å². The second kappa shape index (κ2) is 9.56. The average Bonchev–Trinajstić information content (AvgIpc) is 2.59. The van der Waals surface area contributed by atoms with Gasteiger partial charge in [0.25, 0.3) is 0 Å². The average molecular weight is 281 g/mol. The van der Waals surface area contributed by atoms with E-state index in [-0.39, 0.29) is 21.1 Å². The summed E-state index contributed by atoms with van der Waals surface area (Å²) in [6.07, 6.45) is 10.8. The Balaban J connectivity index is 0. The number of allylic oxidation sites excluding steroid dienone is 4. The van der Waals surface area contributed by atoms with Crippen LogP contribution in [0.3, 0.4) is 0 Å². The fourth-order valence-electron chi connectivity index (χ4n) is 0.380. The molecule has 0 heterocycles. The molecule has 1 aliphatic rings. The van der Waals surface area contributed by atoms with Crippen LogP contribution in [0.25, 0.3) is 0 Å². The Morgan fingerprint density at radius 2 is 2.08 bits per heavy atom. The summed E-state index contributed by atoms with van der Waals surface area (Å²) in [5, 5.41) is -1.30. The van der Waals surface area contributed by atoms with E-state index in [1.165, 1.54) is 0 Å². The van der Waals surface area contributed by atoms with E-state index in [0.29, 0.717) is 0 Å². The van der Waals surface area contributed by atoms with Crippen molar-refractivity contribution >= 4 is 28.9 Å². The van der Waals surface area contributed by atoms with Crippen molar-refractivity contribution in [1.82, 2.24) is 0 Å². The van der Waals surface area contributed by atoms with Gasteiger partial charge >= 0.3 is 21.1 Å². The Morgan fingerprint density at radius 3 is 2.15 bits per heavy atom. The first-order valence-electron chi connectivity index (χ1n) is 3.02. The zero-order valence-electron chi connectivity index (χ0n) is 6.45. The number of hydrogen-bond donors (Lipinski definition) is 0. The molecule has 0 aromatic carbocycles. The first kappa shape index (κ1) is 15.0. The molecular weight excluding hydrogens is 275 g/mol. The van der Waals surface area contributed by atoms with Crippen LogP contribution in [0.4, 0.5) is 0 Å². The Morgan fingerprint density at radius 1 is 1.46 bits per heavy atom. The number of carbonyl (C=O) groups is 2. The minimum Gasteiger partial charge on any atom is -0.415 e. The van der Waals surface area contributed by atoms with Gasteiger partial charge in [-0.2, -0.15) is 17.7 Å². The van der Waals surface area contributed by atoms with Gasteiger partial charge in [0.05, 0.1) is 0 Å². The largest absolute Gasteiger partial charge is 2.00 e. The molecule has 0 N–H and O–H groups in total. The third-order valence-electron chi connectivity index (χ3n) is 0.857. The number of Topliss-reactive ketones (excluding diaryl/α,β-unsaturated/α-hetero) is 1. The zero-order valence-corrected chi connectivity index (χ0v) is 9.21. The van der Waals surface area contributed by atoms with Crippen molar-refractivity contribution in [3.05, 3.63) is 24.3 Å². The second-order valence-corrected chi connectivity index (χ2v) is 2.05. The molecule has 0 fully saturated rings. The molecule has 0 saturated carbocycles. The van der Waals surface area contributed by atoms with Crippen molar-refractivity contribution < 1.29 is 35.4 Å². The summed E-state index contributed by atoms with van der Waals surface area (Å²) in [6, 6.07) is 0. The predicted octanol–water partition coefficient (Wildman–Crippen LogP) is 0.734. The van der Waals surface area contributed by atoms with Gasteiger partial charge in [0.1, 0.15) is 11.0 Å². The van der Waals surface area contributed by atoms with E-state index >= 15 is 0 Å². The van der Waals surface area contributed by atoms with Crippen LogP contribution in [0.2, 0.25) is 0 Å². The summed E-state index contributed by atoms with van der Waals surface area (Å²) in [4.78, 5) is 28.3. The third kappa shape index (κ3) is 9.38. The Hall–Kier alpha value is -0.532. The minimum atomic E-state index is -1.33. The molecule has 5 heteroatoms. The number of ketones is 1. The first-order valence-corrected chi connectivity index (χ1v) is 3.40. The van der Waals surface area contributed by atoms with E-state index in [1.807, 2.05) is 12.2 Å². The molecule has 0 aromatic rings. The van der Waals surface area contributed by atoms with Crippen molar-refractivity contribution in [1.29, 1.82) is 0 Å². The molecule has 68 valence electrons. The van der Waals surface area contributed by atoms with E-state index in [1.54, 1.807) is 0 Å². The molecule has 0 amide bonds. The maximum Gasteiger partial charge on any atom is 2.00 e. The molecular formula is C8H5ClMoO3. The van der Waals surface area contributed by atoms with E-state index in [9.17, 15) is 9.59 Å². The number of rotatable bonds is 2. The molecule has 0 atom stereocenters. The van der Waals surface area contributed by atoms with Gasteiger partial charge in [-0.15, -0.1) is 6.42 Å². The number of carbonyl (C=O) groups excluding carboxylic acids is 3. The van der Waals surface area contributed by atoms with Crippen LogP contribution in [0.1, 0.15) is 6.42 Å². The monoisotopic (exact) mass is 282 g/mol. The van der Waals surface area contributed by atoms with E-state index < -0.39 is 11.0 Å². The normalized spacial score (nSPS) is 10.8. The van der Waals surface area contributed by atoms with Gasteiger partial charge in [0.15, 0.2) is 0 Å². The Kier molecular flexibility index (Phi) is 11.0. The van der Waals surface area contributed by atoms with Crippen LogP contribution in [0, 0.1) is 6.08 Å². The molecule has 1 rings (SSSR count). The maximum atomic E-state index is 9.61. The van der Waals surface area contributed by atoms with Crippen LogP contribution in [-0.2, 0) is 35.4 Å². The topological polar surface area (TPSA) is 51.2 Å². The van der Waals surface area contributed by atoms with Gasteiger partial charge in [-0.25, -0.2) is 12.2 Å². The van der Waals surface area contributed by atoms with Crippen LogP contribution in [0.15, 0.2) is 18.2 Å². The first-order chi connectivity index (χ1) is 5.68. The number of halogens is 1. The molecule has 0 aromatic heterocycles. The quantitative estimate of drug-likeness (QED) is 0.246. The van der Waals surface area contributed by atoms with Crippen molar-refractivity contribution in [2.24, 2.45) is 0 Å². The standard InChI is InChI=1S/C5H5.C3ClO3.Mo/c1-2-4-5-3-1;4-3(7)2(6)1-5;/h1-3H,4H2;;/q2*-1;+2. The summed E-state index contributed by atoms with van der Waals surface area (Å²) in [7, 11) is 0.